The molecule has 0 radical (unpaired) electrons. The highest BCUT2D eigenvalue weighted by atomic mass is 79.9. The fraction of sp³-hybridized carbons (Fsp3) is 0.500. The maximum Gasteiger partial charge on any atom is 0.306 e. The monoisotopic (exact) mass is 328 g/mol. The summed E-state index contributed by atoms with van der Waals surface area (Å²) in [5, 5.41) is 0. The predicted molar refractivity (Wildman–Crippen MR) is 74.5 cm³/mol. The van der Waals surface area contributed by atoms with E-state index in [0.29, 0.717) is 25.4 Å². The Hall–Kier alpha value is -1.23. The average Bonchev–Trinajstić information content (AvgIpc) is 2.42. The van der Waals surface area contributed by atoms with Gasteiger partial charge in [0.1, 0.15) is 19.8 Å². The Labute approximate surface area is 121 Å². The molecule has 4 nitrogen and oxygen atoms in total. The van der Waals surface area contributed by atoms with Gasteiger partial charge in [0.15, 0.2) is 11.5 Å². The van der Waals surface area contributed by atoms with E-state index >= 15 is 0 Å². The van der Waals surface area contributed by atoms with Crippen LogP contribution in [0.15, 0.2) is 16.6 Å². The van der Waals surface area contributed by atoms with E-state index in [1.807, 2.05) is 19.1 Å². The first-order valence-corrected chi connectivity index (χ1v) is 7.23. The lowest BCUT2D eigenvalue weighted by atomic mass is 10.2. The van der Waals surface area contributed by atoms with Crippen molar-refractivity contribution >= 4 is 21.9 Å². The van der Waals surface area contributed by atoms with Gasteiger partial charge in [0, 0.05) is 16.5 Å². The van der Waals surface area contributed by atoms with E-state index in [2.05, 4.69) is 15.9 Å². The molecule has 1 aliphatic heterocycles. The second kappa shape index (κ2) is 6.80. The molecule has 2 rings (SSSR count). The van der Waals surface area contributed by atoms with Crippen LogP contribution in [-0.2, 0) is 16.1 Å². The van der Waals surface area contributed by atoms with Crippen LogP contribution in [0.2, 0.25) is 0 Å². The lowest BCUT2D eigenvalue weighted by Gasteiger charge is -2.19. The maximum atomic E-state index is 11.5. The zero-order valence-electron chi connectivity index (χ0n) is 10.9. The summed E-state index contributed by atoms with van der Waals surface area (Å²) in [6.45, 7) is 3.40. The summed E-state index contributed by atoms with van der Waals surface area (Å²) in [6.07, 6.45) is 2.32. The molecule has 0 aliphatic carbocycles. The number of carbonyl (C=O) groups excluding carboxylic acids is 1. The first-order chi connectivity index (χ1) is 9.20. The summed E-state index contributed by atoms with van der Waals surface area (Å²) in [5.74, 6) is 1.26. The van der Waals surface area contributed by atoms with Crippen LogP contribution in [0.4, 0.5) is 0 Å². The molecule has 1 aromatic carbocycles. The maximum absolute atomic E-state index is 11.5. The molecule has 0 saturated heterocycles. The number of rotatable bonds is 5. The lowest BCUT2D eigenvalue weighted by Crippen LogP contribution is -2.15. The van der Waals surface area contributed by atoms with Crippen LogP contribution in [0.5, 0.6) is 11.5 Å². The highest BCUT2D eigenvalue weighted by Crippen LogP contribution is 2.35. The van der Waals surface area contributed by atoms with Gasteiger partial charge >= 0.3 is 5.97 Å². The molecule has 0 aromatic heterocycles. The van der Waals surface area contributed by atoms with E-state index in [-0.39, 0.29) is 12.6 Å². The van der Waals surface area contributed by atoms with Crippen LogP contribution in [0, 0.1) is 0 Å². The van der Waals surface area contributed by atoms with Gasteiger partial charge in [-0.25, -0.2) is 0 Å². The zero-order chi connectivity index (χ0) is 13.7. The molecule has 19 heavy (non-hydrogen) atoms. The zero-order valence-corrected chi connectivity index (χ0v) is 12.5. The fourth-order valence-corrected chi connectivity index (χ4v) is 2.21. The Bertz CT molecular complexity index is 459. The second-order valence-corrected chi connectivity index (χ2v) is 5.21. The first kappa shape index (κ1) is 14.2. The third-order valence-corrected chi connectivity index (χ3v) is 3.57. The van der Waals surface area contributed by atoms with E-state index in [1.54, 1.807) is 0 Å². The molecule has 1 aromatic rings. The minimum Gasteiger partial charge on any atom is -0.486 e. The molecule has 1 aliphatic rings. The lowest BCUT2D eigenvalue weighted by molar-refractivity contribution is -0.145. The topological polar surface area (TPSA) is 44.8 Å². The van der Waals surface area contributed by atoms with Crippen molar-refractivity contribution in [3.8, 4) is 11.5 Å². The van der Waals surface area contributed by atoms with Gasteiger partial charge < -0.3 is 14.2 Å². The van der Waals surface area contributed by atoms with Crippen LogP contribution in [0.25, 0.3) is 0 Å². The normalized spacial score (nSPS) is 13.2. The van der Waals surface area contributed by atoms with Crippen LogP contribution >= 0.6 is 15.9 Å². The highest BCUT2D eigenvalue weighted by Gasteiger charge is 2.15. The van der Waals surface area contributed by atoms with Crippen molar-refractivity contribution in [2.24, 2.45) is 0 Å². The van der Waals surface area contributed by atoms with E-state index in [4.69, 9.17) is 14.2 Å². The molecule has 0 bridgehead atoms. The van der Waals surface area contributed by atoms with Gasteiger partial charge in [0.05, 0.1) is 0 Å². The number of unbranched alkanes of at least 4 members (excludes halogenated alkanes) is 1. The van der Waals surface area contributed by atoms with Gasteiger partial charge in [-0.05, 0) is 18.6 Å². The van der Waals surface area contributed by atoms with Gasteiger partial charge in [-0.3, -0.25) is 4.79 Å². The Morgan fingerprint density at radius 3 is 2.68 bits per heavy atom. The number of hydrogen-bond donors (Lipinski definition) is 0. The summed E-state index contributed by atoms with van der Waals surface area (Å²) in [5.41, 5.74) is 0.883. The minimum atomic E-state index is -0.163. The molecule has 0 amide bonds. The van der Waals surface area contributed by atoms with Crippen molar-refractivity contribution < 1.29 is 19.0 Å². The van der Waals surface area contributed by atoms with Crippen molar-refractivity contribution in [3.63, 3.8) is 0 Å². The second-order valence-electron chi connectivity index (χ2n) is 4.35. The van der Waals surface area contributed by atoms with Crippen molar-refractivity contribution in [1.29, 1.82) is 0 Å². The Kier molecular flexibility index (Phi) is 5.07. The molecule has 0 saturated carbocycles. The average molecular weight is 329 g/mol. The van der Waals surface area contributed by atoms with E-state index < -0.39 is 0 Å². The molecule has 1 heterocycles. The SMILES string of the molecule is CCCCC(=O)OCc1cc2c(cc1Br)OCCO2. The van der Waals surface area contributed by atoms with Crippen molar-refractivity contribution in [2.75, 3.05) is 13.2 Å². The molecule has 0 spiro atoms. The summed E-state index contributed by atoms with van der Waals surface area (Å²) in [4.78, 5) is 11.5. The standard InChI is InChI=1S/C14H17BrO4/c1-2-3-4-14(16)19-9-10-7-12-13(8-11(10)15)18-6-5-17-12/h7-8H,2-6,9H2,1H3. The molecule has 0 unspecified atom stereocenters. The van der Waals surface area contributed by atoms with E-state index in [0.717, 1.165) is 28.6 Å². The number of esters is 1. The molecule has 0 N–H and O–H groups in total. The fourth-order valence-electron chi connectivity index (χ4n) is 1.77. The van der Waals surface area contributed by atoms with Crippen LogP contribution in [0.1, 0.15) is 31.7 Å². The van der Waals surface area contributed by atoms with E-state index in [9.17, 15) is 4.79 Å². The molecular formula is C14H17BrO4. The van der Waals surface area contributed by atoms with Gasteiger partial charge in [-0.1, -0.05) is 29.3 Å². The number of fused-ring (bicyclic) bond motifs is 1. The largest absolute Gasteiger partial charge is 0.486 e. The quantitative estimate of drug-likeness (QED) is 0.776. The molecule has 0 atom stereocenters. The highest BCUT2D eigenvalue weighted by molar-refractivity contribution is 9.10. The third-order valence-electron chi connectivity index (χ3n) is 2.83. The van der Waals surface area contributed by atoms with Gasteiger partial charge in [-0.15, -0.1) is 0 Å². The van der Waals surface area contributed by atoms with Crippen LogP contribution in [0.3, 0.4) is 0 Å². The smallest absolute Gasteiger partial charge is 0.306 e. The number of benzene rings is 1. The van der Waals surface area contributed by atoms with Crippen LogP contribution < -0.4 is 9.47 Å². The number of halogens is 1. The Morgan fingerprint density at radius 2 is 2.00 bits per heavy atom. The Balaban J connectivity index is 1.98. The predicted octanol–water partition coefficient (Wildman–Crippen LogP) is 3.45. The van der Waals surface area contributed by atoms with Gasteiger partial charge in [-0.2, -0.15) is 0 Å². The van der Waals surface area contributed by atoms with Crippen molar-refractivity contribution in [1.82, 2.24) is 0 Å². The number of hydrogen-bond acceptors (Lipinski definition) is 4. The summed E-state index contributed by atoms with van der Waals surface area (Å²) in [7, 11) is 0. The molecule has 0 fully saturated rings. The summed E-state index contributed by atoms with van der Waals surface area (Å²) >= 11 is 3.45. The third kappa shape index (κ3) is 3.86. The van der Waals surface area contributed by atoms with Crippen LogP contribution in [-0.4, -0.2) is 19.2 Å². The van der Waals surface area contributed by atoms with Gasteiger partial charge in [0.2, 0.25) is 0 Å². The molecule has 5 heteroatoms. The van der Waals surface area contributed by atoms with Crippen molar-refractivity contribution in [3.05, 3.63) is 22.2 Å². The molecule has 104 valence electrons. The summed E-state index contributed by atoms with van der Waals surface area (Å²) < 4.78 is 17.1. The van der Waals surface area contributed by atoms with Crippen molar-refractivity contribution in [2.45, 2.75) is 32.8 Å². The summed E-state index contributed by atoms with van der Waals surface area (Å²) in [6, 6.07) is 3.70. The van der Waals surface area contributed by atoms with Gasteiger partial charge in [0.25, 0.3) is 0 Å². The number of carbonyl (C=O) groups is 1. The number of ether oxygens (including phenoxy) is 3. The Morgan fingerprint density at radius 1 is 1.32 bits per heavy atom. The van der Waals surface area contributed by atoms with E-state index in [1.165, 1.54) is 0 Å². The first-order valence-electron chi connectivity index (χ1n) is 6.44. The minimum absolute atomic E-state index is 0.163. The molecular weight excluding hydrogens is 312 g/mol.